The molecule has 1 N–H and O–H groups in total. The van der Waals surface area contributed by atoms with Crippen molar-refractivity contribution in [3.63, 3.8) is 0 Å². The molecule has 3 heteroatoms. The van der Waals surface area contributed by atoms with Crippen LogP contribution in [0.3, 0.4) is 0 Å². The molecule has 1 unspecified atom stereocenters. The number of thiophene rings is 1. The van der Waals surface area contributed by atoms with Gasteiger partial charge in [-0.1, -0.05) is 32.1 Å². The summed E-state index contributed by atoms with van der Waals surface area (Å²) in [5.41, 5.74) is 0. The van der Waals surface area contributed by atoms with Gasteiger partial charge in [0.05, 0.1) is 4.88 Å². The van der Waals surface area contributed by atoms with Crippen molar-refractivity contribution in [2.45, 2.75) is 26.0 Å². The van der Waals surface area contributed by atoms with Gasteiger partial charge in [-0.15, -0.1) is 11.3 Å². The van der Waals surface area contributed by atoms with E-state index in [0.717, 1.165) is 16.5 Å². The second kappa shape index (κ2) is 7.78. The average Bonchev–Trinajstić information content (AvgIpc) is 2.74. The van der Waals surface area contributed by atoms with Gasteiger partial charge < -0.3 is 5.11 Å². The Bertz CT molecular complexity index is 359. The lowest BCUT2D eigenvalue weighted by Gasteiger charge is -2.06. The van der Waals surface area contributed by atoms with Crippen LogP contribution in [0.2, 0.25) is 0 Å². The van der Waals surface area contributed by atoms with Gasteiger partial charge in [-0.25, -0.2) is 0 Å². The number of hydrogen-bond acceptors (Lipinski definition) is 3. The van der Waals surface area contributed by atoms with Crippen molar-refractivity contribution in [3.8, 4) is 11.8 Å². The molecular formula is C13H18OS2. The Balaban J connectivity index is 2.35. The SMILES string of the molecule is CCC(C)CSCc1ccc(C#CCO)s1. The molecule has 0 spiro atoms. The van der Waals surface area contributed by atoms with Gasteiger partial charge in [-0.2, -0.15) is 11.8 Å². The van der Waals surface area contributed by atoms with Gasteiger partial charge >= 0.3 is 0 Å². The highest BCUT2D eigenvalue weighted by Crippen LogP contribution is 2.22. The van der Waals surface area contributed by atoms with Crippen LogP contribution in [0.5, 0.6) is 0 Å². The van der Waals surface area contributed by atoms with E-state index in [1.165, 1.54) is 17.1 Å². The van der Waals surface area contributed by atoms with Crippen molar-refractivity contribution >= 4 is 23.1 Å². The normalized spacial score (nSPS) is 11.9. The Morgan fingerprint density at radius 2 is 2.31 bits per heavy atom. The summed E-state index contributed by atoms with van der Waals surface area (Å²) in [4.78, 5) is 2.42. The van der Waals surface area contributed by atoms with E-state index in [9.17, 15) is 0 Å². The molecule has 1 heterocycles. The van der Waals surface area contributed by atoms with Gasteiger partial charge in [0.25, 0.3) is 0 Å². The van der Waals surface area contributed by atoms with E-state index in [1.807, 2.05) is 17.8 Å². The minimum atomic E-state index is -0.0595. The predicted molar refractivity (Wildman–Crippen MR) is 73.9 cm³/mol. The summed E-state index contributed by atoms with van der Waals surface area (Å²) in [6.45, 7) is 4.47. The van der Waals surface area contributed by atoms with Gasteiger partial charge in [0.15, 0.2) is 0 Å². The zero-order valence-electron chi connectivity index (χ0n) is 9.82. The zero-order chi connectivity index (χ0) is 11.8. The smallest absolute Gasteiger partial charge is 0.104 e. The van der Waals surface area contributed by atoms with Crippen molar-refractivity contribution in [3.05, 3.63) is 21.9 Å². The molecule has 0 amide bonds. The largest absolute Gasteiger partial charge is 0.384 e. The number of rotatable bonds is 5. The summed E-state index contributed by atoms with van der Waals surface area (Å²) in [6.07, 6.45) is 1.25. The third-order valence-electron chi connectivity index (χ3n) is 2.30. The Kier molecular flexibility index (Phi) is 6.63. The molecule has 0 aliphatic carbocycles. The maximum atomic E-state index is 8.59. The lowest BCUT2D eigenvalue weighted by atomic mass is 10.2. The Morgan fingerprint density at radius 3 is 3.00 bits per heavy atom. The molecule has 1 rings (SSSR count). The van der Waals surface area contributed by atoms with Gasteiger partial charge in [-0.05, 0) is 23.8 Å². The fraction of sp³-hybridized carbons (Fsp3) is 0.538. The topological polar surface area (TPSA) is 20.2 Å². The maximum absolute atomic E-state index is 8.59. The minimum Gasteiger partial charge on any atom is -0.384 e. The molecule has 0 aliphatic heterocycles. The first kappa shape index (κ1) is 13.6. The summed E-state index contributed by atoms with van der Waals surface area (Å²) in [5, 5.41) is 8.59. The minimum absolute atomic E-state index is 0.0595. The second-order valence-corrected chi connectivity index (χ2v) is 5.95. The van der Waals surface area contributed by atoms with Gasteiger partial charge in [0.1, 0.15) is 6.61 Å². The Morgan fingerprint density at radius 1 is 1.50 bits per heavy atom. The van der Waals surface area contributed by atoms with Gasteiger partial charge in [0, 0.05) is 10.6 Å². The third kappa shape index (κ3) is 5.07. The van der Waals surface area contributed by atoms with Crippen LogP contribution in [0.4, 0.5) is 0 Å². The standard InChI is InChI=1S/C13H18OS2/c1-3-11(2)9-15-10-13-7-6-12(16-13)5-4-8-14/h6-7,11,14H,3,8-10H2,1-2H3. The van der Waals surface area contributed by atoms with Gasteiger partial charge in [0.2, 0.25) is 0 Å². The number of aliphatic hydroxyl groups is 1. The molecule has 0 radical (unpaired) electrons. The molecule has 1 atom stereocenters. The molecule has 1 aromatic heterocycles. The predicted octanol–water partition coefficient (Wildman–Crippen LogP) is 3.37. The molecule has 0 fully saturated rings. The lowest BCUT2D eigenvalue weighted by Crippen LogP contribution is -1.95. The highest BCUT2D eigenvalue weighted by atomic mass is 32.2. The van der Waals surface area contributed by atoms with Crippen molar-refractivity contribution in [1.29, 1.82) is 0 Å². The summed E-state index contributed by atoms with van der Waals surface area (Å²) in [6, 6.07) is 4.17. The first-order chi connectivity index (χ1) is 7.76. The van der Waals surface area contributed by atoms with E-state index < -0.39 is 0 Å². The van der Waals surface area contributed by atoms with Crippen molar-refractivity contribution < 1.29 is 5.11 Å². The fourth-order valence-electron chi connectivity index (χ4n) is 1.13. The molecule has 1 nitrogen and oxygen atoms in total. The third-order valence-corrected chi connectivity index (χ3v) is 4.80. The van der Waals surface area contributed by atoms with Crippen LogP contribution in [-0.4, -0.2) is 17.5 Å². The molecule has 0 aliphatic rings. The molecule has 0 aromatic carbocycles. The molecular weight excluding hydrogens is 236 g/mol. The van der Waals surface area contributed by atoms with Crippen LogP contribution < -0.4 is 0 Å². The number of aliphatic hydroxyl groups excluding tert-OH is 1. The Hall–Kier alpha value is -0.430. The summed E-state index contributed by atoms with van der Waals surface area (Å²) in [7, 11) is 0. The highest BCUT2D eigenvalue weighted by molar-refractivity contribution is 7.98. The quantitative estimate of drug-likeness (QED) is 0.813. The van der Waals surface area contributed by atoms with Crippen LogP contribution >= 0.6 is 23.1 Å². The van der Waals surface area contributed by atoms with Crippen molar-refractivity contribution in [2.75, 3.05) is 12.4 Å². The van der Waals surface area contributed by atoms with Crippen molar-refractivity contribution in [2.24, 2.45) is 5.92 Å². The first-order valence-electron chi connectivity index (χ1n) is 5.52. The molecule has 16 heavy (non-hydrogen) atoms. The molecule has 1 aromatic rings. The fourth-order valence-corrected chi connectivity index (χ4v) is 3.34. The maximum Gasteiger partial charge on any atom is 0.104 e. The zero-order valence-corrected chi connectivity index (χ0v) is 11.5. The second-order valence-electron chi connectivity index (χ2n) is 3.75. The van der Waals surface area contributed by atoms with Crippen LogP contribution in [0.1, 0.15) is 30.0 Å². The summed E-state index contributed by atoms with van der Waals surface area (Å²) in [5.74, 6) is 8.72. The van der Waals surface area contributed by atoms with E-state index in [0.29, 0.717) is 0 Å². The molecule has 88 valence electrons. The summed E-state index contributed by atoms with van der Waals surface area (Å²) < 4.78 is 0. The van der Waals surface area contributed by atoms with E-state index in [4.69, 9.17) is 5.11 Å². The average molecular weight is 254 g/mol. The van der Waals surface area contributed by atoms with Crippen LogP contribution in [-0.2, 0) is 5.75 Å². The van der Waals surface area contributed by atoms with Crippen LogP contribution in [0.25, 0.3) is 0 Å². The van der Waals surface area contributed by atoms with E-state index in [2.05, 4.69) is 31.8 Å². The van der Waals surface area contributed by atoms with E-state index in [1.54, 1.807) is 11.3 Å². The monoisotopic (exact) mass is 254 g/mol. The van der Waals surface area contributed by atoms with Gasteiger partial charge in [-0.3, -0.25) is 0 Å². The molecule has 0 saturated heterocycles. The Labute approximate surface area is 106 Å². The van der Waals surface area contributed by atoms with Crippen LogP contribution in [0.15, 0.2) is 12.1 Å². The number of hydrogen-bond donors (Lipinski definition) is 1. The van der Waals surface area contributed by atoms with E-state index in [-0.39, 0.29) is 6.61 Å². The first-order valence-corrected chi connectivity index (χ1v) is 7.49. The molecule has 0 saturated carbocycles. The van der Waals surface area contributed by atoms with Crippen molar-refractivity contribution in [1.82, 2.24) is 0 Å². The molecule has 0 bridgehead atoms. The number of thioether (sulfide) groups is 1. The van der Waals surface area contributed by atoms with E-state index >= 15 is 0 Å². The summed E-state index contributed by atoms with van der Waals surface area (Å²) >= 11 is 3.72. The lowest BCUT2D eigenvalue weighted by molar-refractivity contribution is 0.350. The highest BCUT2D eigenvalue weighted by Gasteiger charge is 2.01. The van der Waals surface area contributed by atoms with Crippen LogP contribution in [0, 0.1) is 17.8 Å².